The van der Waals surface area contributed by atoms with Crippen LogP contribution in [0.5, 0.6) is 5.75 Å². The Morgan fingerprint density at radius 2 is 1.94 bits per heavy atom. The molecular formula is C11H16BrNO3S. The van der Waals surface area contributed by atoms with Crippen LogP contribution in [-0.4, -0.2) is 37.6 Å². The van der Waals surface area contributed by atoms with Crippen molar-refractivity contribution in [3.8, 4) is 5.75 Å². The fourth-order valence-corrected chi connectivity index (χ4v) is 2.84. The van der Waals surface area contributed by atoms with Crippen LogP contribution in [0.3, 0.4) is 0 Å². The topological polar surface area (TPSA) is 46.6 Å². The Balaban J connectivity index is 2.25. The first-order chi connectivity index (χ1) is 8.06. The van der Waals surface area contributed by atoms with E-state index in [-0.39, 0.29) is 4.66 Å². The Bertz CT molecular complexity index is 422. The number of hydrogen-bond donors (Lipinski definition) is 0. The molecule has 0 aliphatic rings. The van der Waals surface area contributed by atoms with Crippen molar-refractivity contribution in [2.75, 3.05) is 24.9 Å². The van der Waals surface area contributed by atoms with E-state index in [4.69, 9.17) is 4.74 Å². The molecule has 17 heavy (non-hydrogen) atoms. The standard InChI is InChI=1S/C11H16BrNO3S/c1-13(17(14,15)10-12)8-5-9-16-11-6-3-2-4-7-11/h2-4,6-7H,5,8-10H2,1H3. The predicted molar refractivity (Wildman–Crippen MR) is 71.9 cm³/mol. The molecule has 0 atom stereocenters. The van der Waals surface area contributed by atoms with Crippen LogP contribution in [0.2, 0.25) is 0 Å². The highest BCUT2D eigenvalue weighted by Gasteiger charge is 2.14. The zero-order valence-electron chi connectivity index (χ0n) is 9.67. The van der Waals surface area contributed by atoms with Gasteiger partial charge in [-0.1, -0.05) is 34.1 Å². The van der Waals surface area contributed by atoms with Crippen molar-refractivity contribution in [3.05, 3.63) is 30.3 Å². The minimum Gasteiger partial charge on any atom is -0.494 e. The molecule has 1 aromatic rings. The summed E-state index contributed by atoms with van der Waals surface area (Å²) in [6.45, 7) is 0.965. The second kappa shape index (κ2) is 6.98. The van der Waals surface area contributed by atoms with Crippen molar-refractivity contribution in [2.45, 2.75) is 6.42 Å². The van der Waals surface area contributed by atoms with Crippen LogP contribution in [0.15, 0.2) is 30.3 Å². The number of halogens is 1. The largest absolute Gasteiger partial charge is 0.494 e. The van der Waals surface area contributed by atoms with Gasteiger partial charge in [0.05, 0.1) is 6.61 Å². The summed E-state index contributed by atoms with van der Waals surface area (Å²) >= 11 is 2.96. The Labute approximate surface area is 111 Å². The molecule has 0 unspecified atom stereocenters. The summed E-state index contributed by atoms with van der Waals surface area (Å²) in [6, 6.07) is 9.47. The smallest absolute Gasteiger partial charge is 0.223 e. The molecule has 0 saturated heterocycles. The maximum Gasteiger partial charge on any atom is 0.223 e. The zero-order valence-corrected chi connectivity index (χ0v) is 12.1. The normalized spacial score (nSPS) is 11.7. The second-order valence-electron chi connectivity index (χ2n) is 3.56. The zero-order chi connectivity index (χ0) is 12.7. The van der Waals surface area contributed by atoms with Crippen LogP contribution >= 0.6 is 15.9 Å². The molecule has 96 valence electrons. The average Bonchev–Trinajstić information content (AvgIpc) is 2.35. The molecule has 4 nitrogen and oxygen atoms in total. The summed E-state index contributed by atoms with van der Waals surface area (Å²) in [6.07, 6.45) is 0.664. The average molecular weight is 322 g/mol. The van der Waals surface area contributed by atoms with Gasteiger partial charge >= 0.3 is 0 Å². The molecule has 0 radical (unpaired) electrons. The van der Waals surface area contributed by atoms with E-state index < -0.39 is 10.0 Å². The number of rotatable bonds is 7. The van der Waals surface area contributed by atoms with E-state index in [1.807, 2.05) is 30.3 Å². The number of sulfonamides is 1. The quantitative estimate of drug-likeness (QED) is 0.570. The number of alkyl halides is 1. The van der Waals surface area contributed by atoms with Crippen molar-refractivity contribution >= 4 is 26.0 Å². The molecule has 6 heteroatoms. The van der Waals surface area contributed by atoms with Crippen molar-refractivity contribution in [1.29, 1.82) is 0 Å². The molecule has 0 amide bonds. The molecule has 0 spiro atoms. The Morgan fingerprint density at radius 1 is 1.29 bits per heavy atom. The van der Waals surface area contributed by atoms with Gasteiger partial charge < -0.3 is 4.74 Å². The minimum absolute atomic E-state index is 0.0456. The highest BCUT2D eigenvalue weighted by molar-refractivity contribution is 9.10. The lowest BCUT2D eigenvalue weighted by molar-refractivity contribution is 0.296. The number of hydrogen-bond acceptors (Lipinski definition) is 3. The Hall–Kier alpha value is -0.590. The maximum absolute atomic E-state index is 11.4. The Morgan fingerprint density at radius 3 is 2.53 bits per heavy atom. The summed E-state index contributed by atoms with van der Waals surface area (Å²) in [4.78, 5) is 0. The second-order valence-corrected chi connectivity index (χ2v) is 6.94. The van der Waals surface area contributed by atoms with E-state index in [1.165, 1.54) is 4.31 Å². The van der Waals surface area contributed by atoms with Crippen molar-refractivity contribution in [2.24, 2.45) is 0 Å². The van der Waals surface area contributed by atoms with Gasteiger partial charge in [-0.05, 0) is 18.6 Å². The minimum atomic E-state index is -3.15. The third-order valence-electron chi connectivity index (χ3n) is 2.24. The van der Waals surface area contributed by atoms with Crippen LogP contribution in [0.25, 0.3) is 0 Å². The first kappa shape index (κ1) is 14.5. The van der Waals surface area contributed by atoms with Crippen LogP contribution in [0, 0.1) is 0 Å². The van der Waals surface area contributed by atoms with Gasteiger partial charge in [0, 0.05) is 13.6 Å². The van der Waals surface area contributed by atoms with Crippen LogP contribution in [0.4, 0.5) is 0 Å². The van der Waals surface area contributed by atoms with Crippen LogP contribution in [0.1, 0.15) is 6.42 Å². The molecule has 0 aliphatic carbocycles. The fourth-order valence-electron chi connectivity index (χ4n) is 1.22. The summed E-state index contributed by atoms with van der Waals surface area (Å²) < 4.78 is 29.6. The first-order valence-electron chi connectivity index (χ1n) is 5.24. The summed E-state index contributed by atoms with van der Waals surface area (Å²) in [5.74, 6) is 0.804. The highest BCUT2D eigenvalue weighted by Crippen LogP contribution is 2.09. The predicted octanol–water partition coefficient (Wildman–Crippen LogP) is 2.07. The molecule has 0 fully saturated rings. The Kier molecular flexibility index (Phi) is 5.94. The number of para-hydroxylation sites is 1. The molecule has 0 saturated carbocycles. The van der Waals surface area contributed by atoms with E-state index in [1.54, 1.807) is 7.05 Å². The molecule has 0 N–H and O–H groups in total. The van der Waals surface area contributed by atoms with Gasteiger partial charge in [0.2, 0.25) is 10.0 Å². The highest BCUT2D eigenvalue weighted by atomic mass is 79.9. The lowest BCUT2D eigenvalue weighted by atomic mass is 10.3. The van der Waals surface area contributed by atoms with Gasteiger partial charge in [0.15, 0.2) is 0 Å². The number of nitrogens with zero attached hydrogens (tertiary/aromatic N) is 1. The molecular weight excluding hydrogens is 306 g/mol. The van der Waals surface area contributed by atoms with Gasteiger partial charge in [-0.25, -0.2) is 12.7 Å². The van der Waals surface area contributed by atoms with E-state index in [0.717, 1.165) is 5.75 Å². The van der Waals surface area contributed by atoms with E-state index in [0.29, 0.717) is 19.6 Å². The number of ether oxygens (including phenoxy) is 1. The summed E-state index contributed by atoms with van der Waals surface area (Å²) in [5, 5.41) is 0. The van der Waals surface area contributed by atoms with Crippen LogP contribution < -0.4 is 4.74 Å². The van der Waals surface area contributed by atoms with Gasteiger partial charge in [-0.2, -0.15) is 0 Å². The fraction of sp³-hybridized carbons (Fsp3) is 0.455. The van der Waals surface area contributed by atoms with Crippen molar-refractivity contribution in [1.82, 2.24) is 4.31 Å². The monoisotopic (exact) mass is 321 g/mol. The van der Waals surface area contributed by atoms with Gasteiger partial charge in [0.25, 0.3) is 0 Å². The molecule has 0 bridgehead atoms. The first-order valence-corrected chi connectivity index (χ1v) is 7.97. The lowest BCUT2D eigenvalue weighted by Gasteiger charge is -2.15. The summed E-state index contributed by atoms with van der Waals surface area (Å²) in [5.41, 5.74) is 0. The van der Waals surface area contributed by atoms with E-state index in [9.17, 15) is 8.42 Å². The van der Waals surface area contributed by atoms with E-state index >= 15 is 0 Å². The molecule has 1 aromatic carbocycles. The van der Waals surface area contributed by atoms with Crippen LogP contribution in [-0.2, 0) is 10.0 Å². The van der Waals surface area contributed by atoms with Gasteiger partial charge in [-0.3, -0.25) is 0 Å². The lowest BCUT2D eigenvalue weighted by Crippen LogP contribution is -2.29. The molecule has 0 aromatic heterocycles. The third kappa shape index (κ3) is 5.06. The molecule has 0 heterocycles. The van der Waals surface area contributed by atoms with Crippen molar-refractivity contribution in [3.63, 3.8) is 0 Å². The van der Waals surface area contributed by atoms with E-state index in [2.05, 4.69) is 15.9 Å². The summed E-state index contributed by atoms with van der Waals surface area (Å²) in [7, 11) is -1.58. The molecule has 1 rings (SSSR count). The molecule has 0 aliphatic heterocycles. The maximum atomic E-state index is 11.4. The number of benzene rings is 1. The van der Waals surface area contributed by atoms with Crippen molar-refractivity contribution < 1.29 is 13.2 Å². The SMILES string of the molecule is CN(CCCOc1ccccc1)S(=O)(=O)CBr. The third-order valence-corrected chi connectivity index (χ3v) is 5.39. The van der Waals surface area contributed by atoms with Gasteiger partial charge in [-0.15, -0.1) is 0 Å². The van der Waals surface area contributed by atoms with Gasteiger partial charge in [0.1, 0.15) is 10.4 Å².